The summed E-state index contributed by atoms with van der Waals surface area (Å²) in [5, 5.41) is 0. The zero-order valence-electron chi connectivity index (χ0n) is 7.01. The zero-order chi connectivity index (χ0) is 7.56. The number of hydrogen-bond donors (Lipinski definition) is 1. The van der Waals surface area contributed by atoms with E-state index in [4.69, 9.17) is 5.73 Å². The topological polar surface area (TPSA) is 29.3 Å². The van der Waals surface area contributed by atoms with Crippen LogP contribution in [-0.4, -0.2) is 30.6 Å². The Balaban J connectivity index is 2.36. The largest absolute Gasteiger partial charge is 0.330 e. The van der Waals surface area contributed by atoms with Gasteiger partial charge in [0.25, 0.3) is 0 Å². The standard InChI is InChI=1S/C8H18N2/c1-3-10-6-8(5-9)4-7(10)2/h7-8H,3-6,9H2,1-2H3. The van der Waals surface area contributed by atoms with Crippen LogP contribution in [0.15, 0.2) is 0 Å². The maximum Gasteiger partial charge on any atom is 0.00705 e. The second-order valence-corrected chi connectivity index (χ2v) is 3.27. The molecule has 60 valence electrons. The normalized spacial score (nSPS) is 35.1. The van der Waals surface area contributed by atoms with Crippen LogP contribution in [0.2, 0.25) is 0 Å². The van der Waals surface area contributed by atoms with Crippen molar-refractivity contribution in [2.75, 3.05) is 19.6 Å². The lowest BCUT2D eigenvalue weighted by molar-refractivity contribution is 0.279. The SMILES string of the molecule is CCN1CC(CN)CC1C. The van der Waals surface area contributed by atoms with Crippen LogP contribution in [0.25, 0.3) is 0 Å². The fourth-order valence-electron chi connectivity index (χ4n) is 1.83. The van der Waals surface area contributed by atoms with Crippen LogP contribution in [0.5, 0.6) is 0 Å². The summed E-state index contributed by atoms with van der Waals surface area (Å²) in [6.45, 7) is 7.77. The van der Waals surface area contributed by atoms with Crippen molar-refractivity contribution in [3.8, 4) is 0 Å². The van der Waals surface area contributed by atoms with Crippen LogP contribution >= 0.6 is 0 Å². The molecule has 1 rings (SSSR count). The Kier molecular flexibility index (Phi) is 2.69. The van der Waals surface area contributed by atoms with Crippen molar-refractivity contribution >= 4 is 0 Å². The highest BCUT2D eigenvalue weighted by atomic mass is 15.2. The van der Waals surface area contributed by atoms with Crippen molar-refractivity contribution in [2.45, 2.75) is 26.3 Å². The van der Waals surface area contributed by atoms with Gasteiger partial charge in [0.1, 0.15) is 0 Å². The van der Waals surface area contributed by atoms with Gasteiger partial charge in [-0.2, -0.15) is 0 Å². The zero-order valence-corrected chi connectivity index (χ0v) is 7.01. The van der Waals surface area contributed by atoms with Crippen LogP contribution < -0.4 is 5.73 Å². The molecule has 1 aliphatic rings. The molecule has 0 bridgehead atoms. The van der Waals surface area contributed by atoms with Crippen LogP contribution in [0, 0.1) is 5.92 Å². The minimum Gasteiger partial charge on any atom is -0.330 e. The van der Waals surface area contributed by atoms with Gasteiger partial charge in [0.2, 0.25) is 0 Å². The van der Waals surface area contributed by atoms with E-state index in [0.717, 1.165) is 18.5 Å². The first-order valence-corrected chi connectivity index (χ1v) is 4.22. The Hall–Kier alpha value is -0.0800. The molecule has 2 N–H and O–H groups in total. The first-order chi connectivity index (χ1) is 4.77. The Morgan fingerprint density at radius 3 is 2.60 bits per heavy atom. The number of nitrogens with two attached hydrogens (primary N) is 1. The fraction of sp³-hybridized carbons (Fsp3) is 1.00. The van der Waals surface area contributed by atoms with E-state index < -0.39 is 0 Å². The van der Waals surface area contributed by atoms with Gasteiger partial charge in [-0.25, -0.2) is 0 Å². The van der Waals surface area contributed by atoms with E-state index in [1.165, 1.54) is 19.5 Å². The molecule has 2 nitrogen and oxygen atoms in total. The summed E-state index contributed by atoms with van der Waals surface area (Å²) < 4.78 is 0. The van der Waals surface area contributed by atoms with Gasteiger partial charge in [0, 0.05) is 12.6 Å². The van der Waals surface area contributed by atoms with Gasteiger partial charge in [0.15, 0.2) is 0 Å². The predicted octanol–water partition coefficient (Wildman–Crippen LogP) is 0.675. The molecule has 1 saturated heterocycles. The Labute approximate surface area is 63.4 Å². The minimum atomic E-state index is 0.759. The highest BCUT2D eigenvalue weighted by Crippen LogP contribution is 2.20. The fourth-order valence-corrected chi connectivity index (χ4v) is 1.83. The summed E-state index contributed by atoms with van der Waals surface area (Å²) in [4.78, 5) is 2.50. The van der Waals surface area contributed by atoms with Gasteiger partial charge in [0.05, 0.1) is 0 Å². The molecule has 2 heteroatoms. The van der Waals surface area contributed by atoms with Gasteiger partial charge >= 0.3 is 0 Å². The smallest absolute Gasteiger partial charge is 0.00705 e. The molecule has 2 unspecified atom stereocenters. The van der Waals surface area contributed by atoms with E-state index in [0.29, 0.717) is 0 Å². The molecule has 0 spiro atoms. The summed E-state index contributed by atoms with van der Waals surface area (Å²) in [5.41, 5.74) is 5.59. The number of nitrogens with zero attached hydrogens (tertiary/aromatic N) is 1. The lowest BCUT2D eigenvalue weighted by atomic mass is 10.1. The van der Waals surface area contributed by atoms with Gasteiger partial charge < -0.3 is 10.6 Å². The van der Waals surface area contributed by atoms with Gasteiger partial charge in [-0.15, -0.1) is 0 Å². The van der Waals surface area contributed by atoms with Crippen molar-refractivity contribution in [2.24, 2.45) is 11.7 Å². The van der Waals surface area contributed by atoms with E-state index in [1.54, 1.807) is 0 Å². The average Bonchev–Trinajstić information content (AvgIpc) is 2.30. The van der Waals surface area contributed by atoms with Crippen molar-refractivity contribution < 1.29 is 0 Å². The Morgan fingerprint density at radius 2 is 2.30 bits per heavy atom. The number of likely N-dealkylation sites (tertiary alicyclic amines) is 1. The maximum atomic E-state index is 5.59. The Bertz CT molecular complexity index is 103. The van der Waals surface area contributed by atoms with E-state index in [-0.39, 0.29) is 0 Å². The lowest BCUT2D eigenvalue weighted by Crippen LogP contribution is -2.27. The third-order valence-electron chi connectivity index (χ3n) is 2.53. The summed E-state index contributed by atoms with van der Waals surface area (Å²) in [7, 11) is 0. The van der Waals surface area contributed by atoms with Crippen LogP contribution in [0.4, 0.5) is 0 Å². The average molecular weight is 142 g/mol. The van der Waals surface area contributed by atoms with Crippen LogP contribution in [-0.2, 0) is 0 Å². The Morgan fingerprint density at radius 1 is 1.60 bits per heavy atom. The molecule has 0 aliphatic carbocycles. The van der Waals surface area contributed by atoms with Gasteiger partial charge in [-0.3, -0.25) is 0 Å². The third-order valence-corrected chi connectivity index (χ3v) is 2.53. The van der Waals surface area contributed by atoms with Gasteiger partial charge in [-0.1, -0.05) is 6.92 Å². The molecule has 0 aromatic heterocycles. The molecule has 0 aromatic carbocycles. The second-order valence-electron chi connectivity index (χ2n) is 3.27. The molecule has 0 saturated carbocycles. The van der Waals surface area contributed by atoms with Crippen LogP contribution in [0.1, 0.15) is 20.3 Å². The molecule has 0 aromatic rings. The predicted molar refractivity (Wildman–Crippen MR) is 43.9 cm³/mol. The first kappa shape index (κ1) is 8.02. The monoisotopic (exact) mass is 142 g/mol. The van der Waals surface area contributed by atoms with Gasteiger partial charge in [-0.05, 0) is 32.4 Å². The van der Waals surface area contributed by atoms with E-state index in [2.05, 4.69) is 18.7 Å². The molecule has 0 amide bonds. The lowest BCUT2D eigenvalue weighted by Gasteiger charge is -2.17. The molecular formula is C8H18N2. The summed E-state index contributed by atoms with van der Waals surface area (Å²) in [6.07, 6.45) is 1.30. The summed E-state index contributed by atoms with van der Waals surface area (Å²) >= 11 is 0. The van der Waals surface area contributed by atoms with Crippen LogP contribution in [0.3, 0.4) is 0 Å². The highest BCUT2D eigenvalue weighted by Gasteiger charge is 2.26. The van der Waals surface area contributed by atoms with E-state index >= 15 is 0 Å². The van der Waals surface area contributed by atoms with E-state index in [1.807, 2.05) is 0 Å². The third kappa shape index (κ3) is 1.50. The quantitative estimate of drug-likeness (QED) is 0.614. The molecule has 10 heavy (non-hydrogen) atoms. The highest BCUT2D eigenvalue weighted by molar-refractivity contribution is 4.81. The first-order valence-electron chi connectivity index (χ1n) is 4.22. The molecule has 1 heterocycles. The molecule has 1 fully saturated rings. The molecule has 1 aliphatic heterocycles. The number of hydrogen-bond acceptors (Lipinski definition) is 2. The molecule has 2 atom stereocenters. The summed E-state index contributed by atoms with van der Waals surface area (Å²) in [5.74, 6) is 0.759. The second kappa shape index (κ2) is 3.35. The molecule has 0 radical (unpaired) electrons. The van der Waals surface area contributed by atoms with Crippen molar-refractivity contribution in [1.29, 1.82) is 0 Å². The van der Waals surface area contributed by atoms with Crippen molar-refractivity contribution in [3.63, 3.8) is 0 Å². The van der Waals surface area contributed by atoms with E-state index in [9.17, 15) is 0 Å². The van der Waals surface area contributed by atoms with Crippen molar-refractivity contribution in [3.05, 3.63) is 0 Å². The summed E-state index contributed by atoms with van der Waals surface area (Å²) in [6, 6.07) is 0.763. The van der Waals surface area contributed by atoms with Crippen molar-refractivity contribution in [1.82, 2.24) is 4.90 Å². The minimum absolute atomic E-state index is 0.759. The maximum absolute atomic E-state index is 5.59. The molecular weight excluding hydrogens is 124 g/mol. The number of rotatable bonds is 2.